The second-order valence-electron chi connectivity index (χ2n) is 2.58. The molecule has 0 bridgehead atoms. The summed E-state index contributed by atoms with van der Waals surface area (Å²) in [6.07, 6.45) is 0. The molecule has 70 valence electrons. The van der Waals surface area contributed by atoms with Crippen molar-refractivity contribution in [2.24, 2.45) is 5.73 Å². The van der Waals surface area contributed by atoms with E-state index < -0.39 is 11.9 Å². The van der Waals surface area contributed by atoms with E-state index in [-0.39, 0.29) is 12.5 Å². The minimum Gasteiger partial charge on any atom is -0.468 e. The van der Waals surface area contributed by atoms with E-state index in [1.807, 2.05) is 0 Å². The van der Waals surface area contributed by atoms with Gasteiger partial charge in [-0.25, -0.2) is 0 Å². The van der Waals surface area contributed by atoms with Crippen LogP contribution in [0.3, 0.4) is 0 Å². The van der Waals surface area contributed by atoms with E-state index >= 15 is 0 Å². The van der Waals surface area contributed by atoms with Gasteiger partial charge in [-0.05, 0) is 14.0 Å². The Bertz CT molecular complexity index is 181. The number of esters is 1. The number of carbonyl (C=O) groups excluding carboxylic acids is 2. The number of likely N-dealkylation sites (N-methyl/N-ethyl adjacent to an activating group) is 1. The molecule has 0 spiro atoms. The quantitative estimate of drug-likeness (QED) is 0.553. The smallest absolute Gasteiger partial charge is 0.322 e. The summed E-state index contributed by atoms with van der Waals surface area (Å²) in [7, 11) is 2.93. The van der Waals surface area contributed by atoms with Gasteiger partial charge in [0.05, 0.1) is 13.7 Å². The molecular weight excluding hydrogens is 160 g/mol. The molecule has 1 unspecified atom stereocenters. The van der Waals surface area contributed by atoms with Crippen LogP contribution in [-0.4, -0.2) is 43.5 Å². The highest BCUT2D eigenvalue weighted by molar-refractivity contribution is 5.78. The fourth-order valence-corrected chi connectivity index (χ4v) is 0.733. The highest BCUT2D eigenvalue weighted by Crippen LogP contribution is 1.96. The summed E-state index contributed by atoms with van der Waals surface area (Å²) < 4.78 is 4.48. The zero-order valence-corrected chi connectivity index (χ0v) is 7.53. The number of nitrogens with two attached hydrogens (primary N) is 1. The molecule has 0 aliphatic heterocycles. The molecule has 0 saturated carbocycles. The first kappa shape index (κ1) is 10.9. The van der Waals surface area contributed by atoms with E-state index in [9.17, 15) is 9.59 Å². The Labute approximate surface area is 71.5 Å². The van der Waals surface area contributed by atoms with Crippen molar-refractivity contribution in [3.63, 3.8) is 0 Å². The number of hydrogen-bond donors (Lipinski definition) is 1. The van der Waals surface area contributed by atoms with Crippen molar-refractivity contribution >= 4 is 11.9 Å². The largest absolute Gasteiger partial charge is 0.468 e. The average Bonchev–Trinajstić information content (AvgIpc) is 2.00. The molecule has 0 aliphatic carbocycles. The molecule has 1 atom stereocenters. The average molecular weight is 174 g/mol. The number of ether oxygens (including phenoxy) is 1. The van der Waals surface area contributed by atoms with Gasteiger partial charge in [-0.1, -0.05) is 0 Å². The Kier molecular flexibility index (Phi) is 4.28. The third-order valence-corrected chi connectivity index (χ3v) is 1.61. The lowest BCUT2D eigenvalue weighted by atomic mass is 10.3. The van der Waals surface area contributed by atoms with Crippen LogP contribution < -0.4 is 5.73 Å². The third-order valence-electron chi connectivity index (χ3n) is 1.61. The van der Waals surface area contributed by atoms with Crippen molar-refractivity contribution in [1.82, 2.24) is 4.90 Å². The number of methoxy groups -OCH3 is 1. The predicted molar refractivity (Wildman–Crippen MR) is 43.3 cm³/mol. The number of primary amides is 1. The Morgan fingerprint density at radius 3 is 2.42 bits per heavy atom. The third kappa shape index (κ3) is 3.34. The number of rotatable bonds is 4. The second-order valence-corrected chi connectivity index (χ2v) is 2.58. The molecule has 0 rings (SSSR count). The summed E-state index contributed by atoms with van der Waals surface area (Å²) >= 11 is 0. The zero-order valence-electron chi connectivity index (χ0n) is 7.53. The van der Waals surface area contributed by atoms with Crippen molar-refractivity contribution in [1.29, 1.82) is 0 Å². The molecule has 1 amide bonds. The Morgan fingerprint density at radius 1 is 1.58 bits per heavy atom. The standard InChI is InChI=1S/C7H14N2O3/c1-5(7(11)12-3)9(2)4-6(8)10/h5H,4H2,1-3H3,(H2,8,10). The lowest BCUT2D eigenvalue weighted by molar-refractivity contribution is -0.146. The number of carbonyl (C=O) groups is 2. The molecule has 0 aromatic rings. The van der Waals surface area contributed by atoms with Crippen LogP contribution in [0.5, 0.6) is 0 Å². The maximum Gasteiger partial charge on any atom is 0.322 e. The molecule has 0 fully saturated rings. The van der Waals surface area contributed by atoms with Crippen LogP contribution in [0.2, 0.25) is 0 Å². The van der Waals surface area contributed by atoms with Gasteiger partial charge < -0.3 is 10.5 Å². The first-order chi connectivity index (χ1) is 5.49. The normalized spacial score (nSPS) is 12.7. The summed E-state index contributed by atoms with van der Waals surface area (Å²) in [5.74, 6) is -0.841. The molecule has 5 nitrogen and oxygen atoms in total. The molecule has 2 N–H and O–H groups in total. The number of hydrogen-bond acceptors (Lipinski definition) is 4. The maximum absolute atomic E-state index is 10.9. The first-order valence-electron chi connectivity index (χ1n) is 3.55. The van der Waals surface area contributed by atoms with Crippen molar-refractivity contribution in [2.75, 3.05) is 20.7 Å². The lowest BCUT2D eigenvalue weighted by Crippen LogP contribution is -2.41. The molecule has 0 aromatic heterocycles. The number of amides is 1. The van der Waals surface area contributed by atoms with E-state index in [2.05, 4.69) is 4.74 Å². The van der Waals surface area contributed by atoms with Crippen LogP contribution in [0.15, 0.2) is 0 Å². The van der Waals surface area contributed by atoms with Gasteiger partial charge >= 0.3 is 5.97 Å². The highest BCUT2D eigenvalue weighted by atomic mass is 16.5. The molecule has 0 heterocycles. The summed E-state index contributed by atoms with van der Waals surface area (Å²) in [5, 5.41) is 0. The van der Waals surface area contributed by atoms with Crippen LogP contribution in [0.1, 0.15) is 6.92 Å². The van der Waals surface area contributed by atoms with Gasteiger partial charge in [-0.3, -0.25) is 14.5 Å². The van der Waals surface area contributed by atoms with Crippen LogP contribution in [0.25, 0.3) is 0 Å². The van der Waals surface area contributed by atoms with Gasteiger partial charge in [0, 0.05) is 0 Å². The minimum atomic E-state index is -0.465. The van der Waals surface area contributed by atoms with Gasteiger partial charge in [0.25, 0.3) is 0 Å². The summed E-state index contributed by atoms with van der Waals surface area (Å²) in [4.78, 5) is 22.9. The van der Waals surface area contributed by atoms with E-state index in [0.29, 0.717) is 0 Å². The van der Waals surface area contributed by atoms with Crippen molar-refractivity contribution in [3.8, 4) is 0 Å². The molecule has 5 heteroatoms. The molecule has 0 aromatic carbocycles. The van der Waals surface area contributed by atoms with Gasteiger partial charge in [0.2, 0.25) is 5.91 Å². The van der Waals surface area contributed by atoms with E-state index in [1.54, 1.807) is 14.0 Å². The van der Waals surface area contributed by atoms with E-state index in [4.69, 9.17) is 5.73 Å². The summed E-state index contributed by atoms with van der Waals surface area (Å²) in [6.45, 7) is 1.70. The summed E-state index contributed by atoms with van der Waals surface area (Å²) in [5.41, 5.74) is 4.94. The Balaban J connectivity index is 4.00. The van der Waals surface area contributed by atoms with Gasteiger partial charge in [0.15, 0.2) is 0 Å². The van der Waals surface area contributed by atoms with Crippen molar-refractivity contribution in [3.05, 3.63) is 0 Å². The zero-order chi connectivity index (χ0) is 9.72. The van der Waals surface area contributed by atoms with Crippen LogP contribution in [0, 0.1) is 0 Å². The van der Waals surface area contributed by atoms with Crippen LogP contribution in [0.4, 0.5) is 0 Å². The molecule has 0 aliphatic rings. The van der Waals surface area contributed by atoms with Crippen LogP contribution >= 0.6 is 0 Å². The Hall–Kier alpha value is -1.10. The van der Waals surface area contributed by atoms with Crippen LogP contribution in [-0.2, 0) is 14.3 Å². The molecular formula is C7H14N2O3. The van der Waals surface area contributed by atoms with Gasteiger partial charge in [0.1, 0.15) is 6.04 Å². The molecule has 12 heavy (non-hydrogen) atoms. The van der Waals surface area contributed by atoms with Gasteiger partial charge in [-0.2, -0.15) is 0 Å². The topological polar surface area (TPSA) is 72.6 Å². The van der Waals surface area contributed by atoms with E-state index in [1.165, 1.54) is 12.0 Å². The second kappa shape index (κ2) is 4.71. The monoisotopic (exact) mass is 174 g/mol. The molecule has 0 saturated heterocycles. The van der Waals surface area contributed by atoms with E-state index in [0.717, 1.165) is 0 Å². The predicted octanol–water partition coefficient (Wildman–Crippen LogP) is -1.03. The SMILES string of the molecule is COC(=O)C(C)N(C)CC(N)=O. The fourth-order valence-electron chi connectivity index (χ4n) is 0.733. The molecule has 0 radical (unpaired) electrons. The first-order valence-corrected chi connectivity index (χ1v) is 3.55. The maximum atomic E-state index is 10.9. The minimum absolute atomic E-state index is 0.0519. The van der Waals surface area contributed by atoms with Crippen molar-refractivity contribution < 1.29 is 14.3 Å². The fraction of sp³-hybridized carbons (Fsp3) is 0.714. The Morgan fingerprint density at radius 2 is 2.08 bits per heavy atom. The highest BCUT2D eigenvalue weighted by Gasteiger charge is 2.19. The number of nitrogens with zero attached hydrogens (tertiary/aromatic N) is 1. The lowest BCUT2D eigenvalue weighted by Gasteiger charge is -2.20. The van der Waals surface area contributed by atoms with Crippen molar-refractivity contribution in [2.45, 2.75) is 13.0 Å². The van der Waals surface area contributed by atoms with Gasteiger partial charge in [-0.15, -0.1) is 0 Å². The summed E-state index contributed by atoms with van der Waals surface area (Å²) in [6, 6.07) is -0.442.